The van der Waals surface area contributed by atoms with E-state index in [0.29, 0.717) is 36.0 Å². The first-order valence-electron chi connectivity index (χ1n) is 5.09. The topological polar surface area (TPSA) is 90.7 Å². The molecule has 1 aliphatic heterocycles. The van der Waals surface area contributed by atoms with Gasteiger partial charge in [-0.1, -0.05) is 5.16 Å². The van der Waals surface area contributed by atoms with Gasteiger partial charge in [0.05, 0.1) is 5.56 Å². The first kappa shape index (κ1) is 9.83. The van der Waals surface area contributed by atoms with E-state index in [1.807, 2.05) is 0 Å². The van der Waals surface area contributed by atoms with Crippen LogP contribution < -0.4 is 15.2 Å². The molecule has 3 rings (SSSR count). The van der Waals surface area contributed by atoms with Crippen molar-refractivity contribution >= 4 is 5.82 Å². The van der Waals surface area contributed by atoms with Crippen LogP contribution in [0.15, 0.2) is 22.7 Å². The number of phenols is 1. The van der Waals surface area contributed by atoms with Crippen LogP contribution in [-0.2, 0) is 0 Å². The zero-order valence-electron chi connectivity index (χ0n) is 8.84. The predicted octanol–water partition coefficient (Wildman–Crippen LogP) is 1.40. The summed E-state index contributed by atoms with van der Waals surface area (Å²) in [4.78, 5) is 0. The standard InChI is InChI=1S/C11H10N2O4/c12-10-5-8(17-13-10)7-3-6(14)4-9-11(7)16-2-1-15-9/h3-5,14H,1-2H2,(H2,12,13). The van der Waals surface area contributed by atoms with Crippen LogP contribution in [0.3, 0.4) is 0 Å². The van der Waals surface area contributed by atoms with Gasteiger partial charge in [-0.3, -0.25) is 0 Å². The van der Waals surface area contributed by atoms with Gasteiger partial charge in [-0.15, -0.1) is 0 Å². The third-order valence-electron chi connectivity index (χ3n) is 2.42. The molecule has 88 valence electrons. The van der Waals surface area contributed by atoms with Crippen molar-refractivity contribution in [2.75, 3.05) is 18.9 Å². The van der Waals surface area contributed by atoms with Crippen LogP contribution in [0.25, 0.3) is 11.3 Å². The van der Waals surface area contributed by atoms with Crippen LogP contribution in [0, 0.1) is 0 Å². The maximum atomic E-state index is 9.61. The number of anilines is 1. The minimum Gasteiger partial charge on any atom is -0.508 e. The third kappa shape index (κ3) is 1.63. The van der Waals surface area contributed by atoms with Gasteiger partial charge in [-0.2, -0.15) is 0 Å². The molecule has 0 radical (unpaired) electrons. The molecule has 0 atom stereocenters. The van der Waals surface area contributed by atoms with Crippen molar-refractivity contribution in [1.29, 1.82) is 0 Å². The van der Waals surface area contributed by atoms with E-state index in [2.05, 4.69) is 5.16 Å². The van der Waals surface area contributed by atoms with Gasteiger partial charge in [0.1, 0.15) is 19.0 Å². The summed E-state index contributed by atoms with van der Waals surface area (Å²) < 4.78 is 16.0. The van der Waals surface area contributed by atoms with Gasteiger partial charge in [0, 0.05) is 12.1 Å². The Balaban J connectivity index is 2.18. The molecule has 6 nitrogen and oxygen atoms in total. The summed E-state index contributed by atoms with van der Waals surface area (Å²) >= 11 is 0. The lowest BCUT2D eigenvalue weighted by atomic mass is 10.1. The highest BCUT2D eigenvalue weighted by Gasteiger charge is 2.21. The zero-order valence-corrected chi connectivity index (χ0v) is 8.84. The molecule has 2 heterocycles. The van der Waals surface area contributed by atoms with E-state index >= 15 is 0 Å². The summed E-state index contributed by atoms with van der Waals surface area (Å²) in [6.07, 6.45) is 0. The van der Waals surface area contributed by atoms with E-state index in [-0.39, 0.29) is 11.6 Å². The number of hydrogen-bond acceptors (Lipinski definition) is 6. The van der Waals surface area contributed by atoms with Gasteiger partial charge in [0.2, 0.25) is 0 Å². The number of hydrogen-bond donors (Lipinski definition) is 2. The number of nitrogens with zero attached hydrogens (tertiary/aromatic N) is 1. The number of nitrogen functional groups attached to an aromatic ring is 1. The molecule has 6 heteroatoms. The number of aromatic nitrogens is 1. The maximum Gasteiger partial charge on any atom is 0.173 e. The fourth-order valence-corrected chi connectivity index (χ4v) is 1.74. The van der Waals surface area contributed by atoms with Crippen LogP contribution >= 0.6 is 0 Å². The highest BCUT2D eigenvalue weighted by atomic mass is 16.6. The molecule has 17 heavy (non-hydrogen) atoms. The summed E-state index contributed by atoms with van der Waals surface area (Å²) in [5, 5.41) is 13.2. The molecular weight excluding hydrogens is 224 g/mol. The molecular formula is C11H10N2O4. The smallest absolute Gasteiger partial charge is 0.173 e. The SMILES string of the molecule is Nc1cc(-c2cc(O)cc3c2OCCO3)on1. The number of phenolic OH excluding ortho intramolecular Hbond substituents is 1. The summed E-state index contributed by atoms with van der Waals surface area (Å²) in [7, 11) is 0. The van der Waals surface area contributed by atoms with Gasteiger partial charge in [-0.05, 0) is 6.07 Å². The molecule has 2 aromatic rings. The van der Waals surface area contributed by atoms with Crippen molar-refractivity contribution in [3.05, 3.63) is 18.2 Å². The molecule has 0 saturated carbocycles. The number of fused-ring (bicyclic) bond motifs is 1. The number of rotatable bonds is 1. The Morgan fingerprint density at radius 2 is 2.00 bits per heavy atom. The van der Waals surface area contributed by atoms with Gasteiger partial charge < -0.3 is 24.8 Å². The van der Waals surface area contributed by atoms with Crippen LogP contribution in [0.4, 0.5) is 5.82 Å². The van der Waals surface area contributed by atoms with Gasteiger partial charge in [0.25, 0.3) is 0 Å². The molecule has 3 N–H and O–H groups in total. The second-order valence-corrected chi connectivity index (χ2v) is 3.63. The van der Waals surface area contributed by atoms with Crippen molar-refractivity contribution in [3.63, 3.8) is 0 Å². The quantitative estimate of drug-likeness (QED) is 0.775. The Labute approximate surface area is 96.5 Å². The summed E-state index contributed by atoms with van der Waals surface area (Å²) in [6, 6.07) is 4.58. The number of aromatic hydroxyl groups is 1. The Morgan fingerprint density at radius 1 is 1.18 bits per heavy atom. The van der Waals surface area contributed by atoms with Crippen LogP contribution in [0.1, 0.15) is 0 Å². The molecule has 0 unspecified atom stereocenters. The van der Waals surface area contributed by atoms with Crippen molar-refractivity contribution in [2.45, 2.75) is 0 Å². The molecule has 0 amide bonds. The summed E-state index contributed by atoms with van der Waals surface area (Å²) in [5.41, 5.74) is 6.06. The van der Waals surface area contributed by atoms with Crippen LogP contribution in [0.5, 0.6) is 17.2 Å². The minimum atomic E-state index is 0.0687. The molecule has 1 aromatic heterocycles. The fourth-order valence-electron chi connectivity index (χ4n) is 1.74. The molecule has 0 bridgehead atoms. The zero-order chi connectivity index (χ0) is 11.8. The van der Waals surface area contributed by atoms with Crippen molar-refractivity contribution in [3.8, 4) is 28.6 Å². The maximum absolute atomic E-state index is 9.61. The first-order chi connectivity index (χ1) is 8.24. The molecule has 1 aliphatic rings. The van der Waals surface area contributed by atoms with E-state index in [1.165, 1.54) is 12.1 Å². The van der Waals surface area contributed by atoms with Crippen molar-refractivity contribution in [2.24, 2.45) is 0 Å². The number of nitrogens with two attached hydrogens (primary N) is 1. The Morgan fingerprint density at radius 3 is 2.76 bits per heavy atom. The summed E-state index contributed by atoms with van der Waals surface area (Å²) in [6.45, 7) is 0.906. The lowest BCUT2D eigenvalue weighted by Crippen LogP contribution is -2.15. The van der Waals surface area contributed by atoms with Crippen LogP contribution in [-0.4, -0.2) is 23.5 Å². The number of ether oxygens (including phenoxy) is 2. The lowest BCUT2D eigenvalue weighted by molar-refractivity contribution is 0.171. The second kappa shape index (κ2) is 3.58. The van der Waals surface area contributed by atoms with Gasteiger partial charge in [-0.25, -0.2) is 0 Å². The third-order valence-corrected chi connectivity index (χ3v) is 2.42. The Kier molecular flexibility index (Phi) is 2.07. The molecule has 0 fully saturated rings. The summed E-state index contributed by atoms with van der Waals surface area (Å²) in [5.74, 6) is 1.79. The van der Waals surface area contributed by atoms with E-state index in [4.69, 9.17) is 19.7 Å². The molecule has 1 aromatic carbocycles. The largest absolute Gasteiger partial charge is 0.508 e. The lowest BCUT2D eigenvalue weighted by Gasteiger charge is -2.20. The fraction of sp³-hybridized carbons (Fsp3) is 0.182. The van der Waals surface area contributed by atoms with Gasteiger partial charge >= 0.3 is 0 Å². The second-order valence-electron chi connectivity index (χ2n) is 3.63. The van der Waals surface area contributed by atoms with E-state index in [0.717, 1.165) is 0 Å². The van der Waals surface area contributed by atoms with Gasteiger partial charge in [0.15, 0.2) is 23.1 Å². The monoisotopic (exact) mass is 234 g/mol. The van der Waals surface area contributed by atoms with Crippen molar-refractivity contribution < 1.29 is 19.1 Å². The van der Waals surface area contributed by atoms with E-state index < -0.39 is 0 Å². The Bertz CT molecular complexity index is 565. The van der Waals surface area contributed by atoms with Crippen LogP contribution in [0.2, 0.25) is 0 Å². The highest BCUT2D eigenvalue weighted by Crippen LogP contribution is 2.43. The predicted molar refractivity (Wildman–Crippen MR) is 59.0 cm³/mol. The molecule has 0 aliphatic carbocycles. The van der Waals surface area contributed by atoms with E-state index in [9.17, 15) is 5.11 Å². The Hall–Kier alpha value is -2.37. The molecule has 0 saturated heterocycles. The van der Waals surface area contributed by atoms with E-state index in [1.54, 1.807) is 6.07 Å². The number of benzene rings is 1. The van der Waals surface area contributed by atoms with Crippen molar-refractivity contribution in [1.82, 2.24) is 5.16 Å². The first-order valence-corrected chi connectivity index (χ1v) is 5.09. The normalized spacial score (nSPS) is 13.6. The minimum absolute atomic E-state index is 0.0687. The average molecular weight is 234 g/mol. The highest BCUT2D eigenvalue weighted by molar-refractivity contribution is 5.73. The molecule has 0 spiro atoms. The average Bonchev–Trinajstić information content (AvgIpc) is 2.74.